The second-order valence-electron chi connectivity index (χ2n) is 10.1. The zero-order valence-corrected chi connectivity index (χ0v) is 26.1. The minimum absolute atomic E-state index is 0.0126. The maximum atomic E-state index is 14.2. The molecule has 0 aliphatic rings. The van der Waals surface area contributed by atoms with Crippen LogP contribution in [-0.4, -0.2) is 58.5 Å². The fourth-order valence-corrected chi connectivity index (χ4v) is 5.91. The second kappa shape index (κ2) is 14.9. The monoisotopic (exact) mass is 615 g/mol. The molecule has 3 aromatic rings. The van der Waals surface area contributed by atoms with Gasteiger partial charge in [-0.3, -0.25) is 13.9 Å². The molecular formula is C31H38ClN3O6S. The first-order valence-corrected chi connectivity index (χ1v) is 15.4. The van der Waals surface area contributed by atoms with E-state index in [2.05, 4.69) is 5.32 Å². The number of benzene rings is 3. The third-order valence-corrected chi connectivity index (χ3v) is 8.64. The van der Waals surface area contributed by atoms with Gasteiger partial charge in [-0.15, -0.1) is 0 Å². The number of anilines is 1. The van der Waals surface area contributed by atoms with Crippen LogP contribution in [0, 0.1) is 5.92 Å². The van der Waals surface area contributed by atoms with Crippen molar-refractivity contribution in [2.45, 2.75) is 44.7 Å². The van der Waals surface area contributed by atoms with Gasteiger partial charge in [-0.1, -0.05) is 62.7 Å². The molecule has 1 N–H and O–H groups in total. The average Bonchev–Trinajstić information content (AvgIpc) is 2.99. The maximum Gasteiger partial charge on any atom is 0.264 e. The van der Waals surface area contributed by atoms with Crippen molar-refractivity contribution in [2.24, 2.45) is 5.92 Å². The van der Waals surface area contributed by atoms with Gasteiger partial charge < -0.3 is 19.7 Å². The number of nitrogens with zero attached hydrogens (tertiary/aromatic N) is 2. The van der Waals surface area contributed by atoms with E-state index in [-0.39, 0.29) is 29.0 Å². The zero-order chi connectivity index (χ0) is 30.9. The minimum Gasteiger partial charge on any atom is -0.493 e. The predicted molar refractivity (Wildman–Crippen MR) is 164 cm³/mol. The summed E-state index contributed by atoms with van der Waals surface area (Å²) in [6, 6.07) is 18.6. The Labute approximate surface area is 253 Å². The predicted octanol–water partition coefficient (Wildman–Crippen LogP) is 5.13. The molecule has 1 unspecified atom stereocenters. The molecule has 42 heavy (non-hydrogen) atoms. The van der Waals surface area contributed by atoms with E-state index in [1.165, 1.54) is 37.3 Å². The number of ether oxygens (including phenoxy) is 2. The highest BCUT2D eigenvalue weighted by Gasteiger charge is 2.34. The first-order chi connectivity index (χ1) is 20.0. The van der Waals surface area contributed by atoms with E-state index in [1.54, 1.807) is 54.6 Å². The standard InChI is InChI=1S/C31H38ClN3O6S/c1-6-27(31(37)33-19-22(2)3)34(20-23-12-14-24(32)15-13-23)30(36)21-35(42(38,39)26-10-8-7-9-11-26)25-16-17-28(40-4)29(18-25)41-5/h7-18,22,27H,6,19-21H2,1-5H3,(H,33,37). The van der Waals surface area contributed by atoms with Gasteiger partial charge in [0, 0.05) is 24.2 Å². The number of sulfonamides is 1. The van der Waals surface area contributed by atoms with E-state index in [9.17, 15) is 18.0 Å². The molecule has 11 heteroatoms. The first-order valence-electron chi connectivity index (χ1n) is 13.6. The van der Waals surface area contributed by atoms with Crippen LogP contribution in [0.3, 0.4) is 0 Å². The summed E-state index contributed by atoms with van der Waals surface area (Å²) in [5.74, 6) is 0.0569. The maximum absolute atomic E-state index is 14.2. The number of methoxy groups -OCH3 is 2. The molecule has 0 bridgehead atoms. The normalized spacial score (nSPS) is 12.0. The summed E-state index contributed by atoms with van der Waals surface area (Å²) in [7, 11) is -1.29. The van der Waals surface area contributed by atoms with Crippen LogP contribution in [0.1, 0.15) is 32.8 Å². The third-order valence-electron chi connectivity index (χ3n) is 6.60. The number of hydrogen-bond donors (Lipinski definition) is 1. The molecular weight excluding hydrogens is 578 g/mol. The van der Waals surface area contributed by atoms with Crippen LogP contribution in [-0.2, 0) is 26.2 Å². The molecule has 0 aliphatic heterocycles. The molecule has 0 aliphatic carbocycles. The molecule has 0 saturated carbocycles. The van der Waals surface area contributed by atoms with E-state index >= 15 is 0 Å². The van der Waals surface area contributed by atoms with E-state index in [0.29, 0.717) is 29.5 Å². The van der Waals surface area contributed by atoms with Gasteiger partial charge in [0.05, 0.1) is 24.8 Å². The van der Waals surface area contributed by atoms with Crippen LogP contribution in [0.4, 0.5) is 5.69 Å². The SMILES string of the molecule is CCC(C(=O)NCC(C)C)N(Cc1ccc(Cl)cc1)C(=O)CN(c1ccc(OC)c(OC)c1)S(=O)(=O)c1ccccc1. The molecule has 0 spiro atoms. The van der Waals surface area contributed by atoms with Crippen molar-refractivity contribution in [3.63, 3.8) is 0 Å². The van der Waals surface area contributed by atoms with Gasteiger partial charge in [0.25, 0.3) is 10.0 Å². The quantitative estimate of drug-likeness (QED) is 0.270. The van der Waals surface area contributed by atoms with Crippen LogP contribution < -0.4 is 19.1 Å². The lowest BCUT2D eigenvalue weighted by molar-refractivity contribution is -0.140. The van der Waals surface area contributed by atoms with Crippen LogP contribution in [0.5, 0.6) is 11.5 Å². The molecule has 9 nitrogen and oxygen atoms in total. The lowest BCUT2D eigenvalue weighted by atomic mass is 10.1. The Bertz CT molecular complexity index is 1450. The van der Waals surface area contributed by atoms with Crippen LogP contribution >= 0.6 is 11.6 Å². The number of hydrogen-bond acceptors (Lipinski definition) is 6. The fraction of sp³-hybridized carbons (Fsp3) is 0.355. The summed E-state index contributed by atoms with van der Waals surface area (Å²) in [5, 5.41) is 3.45. The topological polar surface area (TPSA) is 105 Å². The molecule has 0 radical (unpaired) electrons. The number of amides is 2. The average molecular weight is 616 g/mol. The number of nitrogens with one attached hydrogen (secondary N) is 1. The van der Waals surface area contributed by atoms with E-state index in [0.717, 1.165) is 9.87 Å². The summed E-state index contributed by atoms with van der Waals surface area (Å²) < 4.78 is 39.7. The zero-order valence-electron chi connectivity index (χ0n) is 24.5. The number of rotatable bonds is 14. The molecule has 3 aromatic carbocycles. The molecule has 0 fully saturated rings. The van der Waals surface area contributed by atoms with Gasteiger partial charge in [0.15, 0.2) is 11.5 Å². The number of halogens is 1. The Kier molecular flexibility index (Phi) is 11.6. The first kappa shape index (κ1) is 32.8. The fourth-order valence-electron chi connectivity index (χ4n) is 4.36. The van der Waals surface area contributed by atoms with Gasteiger partial charge in [-0.25, -0.2) is 8.42 Å². The Balaban J connectivity index is 2.08. The summed E-state index contributed by atoms with van der Waals surface area (Å²) in [6.45, 7) is 5.73. The summed E-state index contributed by atoms with van der Waals surface area (Å²) >= 11 is 6.08. The Morgan fingerprint density at radius 1 is 0.929 bits per heavy atom. The highest BCUT2D eigenvalue weighted by molar-refractivity contribution is 7.92. The molecule has 0 aromatic heterocycles. The Morgan fingerprint density at radius 3 is 2.14 bits per heavy atom. The molecule has 3 rings (SSSR count). The van der Waals surface area contributed by atoms with E-state index in [4.69, 9.17) is 21.1 Å². The van der Waals surface area contributed by atoms with Gasteiger partial charge in [-0.2, -0.15) is 0 Å². The highest BCUT2D eigenvalue weighted by atomic mass is 35.5. The van der Waals surface area contributed by atoms with Gasteiger partial charge in [0.1, 0.15) is 12.6 Å². The van der Waals surface area contributed by atoms with E-state index in [1.807, 2.05) is 20.8 Å². The number of carbonyl (C=O) groups is 2. The molecule has 226 valence electrons. The van der Waals surface area contributed by atoms with Crippen molar-refractivity contribution in [3.05, 3.63) is 83.4 Å². The third kappa shape index (κ3) is 8.17. The van der Waals surface area contributed by atoms with Gasteiger partial charge in [-0.05, 0) is 54.3 Å². The molecule has 0 heterocycles. The lowest BCUT2D eigenvalue weighted by Gasteiger charge is -2.33. The highest BCUT2D eigenvalue weighted by Crippen LogP contribution is 2.34. The van der Waals surface area contributed by atoms with Crippen LogP contribution in [0.2, 0.25) is 5.02 Å². The van der Waals surface area contributed by atoms with Crippen molar-refractivity contribution in [1.82, 2.24) is 10.2 Å². The minimum atomic E-state index is -4.21. The van der Waals surface area contributed by atoms with Crippen molar-refractivity contribution < 1.29 is 27.5 Å². The van der Waals surface area contributed by atoms with Crippen molar-refractivity contribution in [1.29, 1.82) is 0 Å². The van der Waals surface area contributed by atoms with Crippen molar-refractivity contribution >= 4 is 39.1 Å². The van der Waals surface area contributed by atoms with Crippen molar-refractivity contribution in [2.75, 3.05) is 31.6 Å². The van der Waals surface area contributed by atoms with Gasteiger partial charge in [0.2, 0.25) is 11.8 Å². The lowest BCUT2D eigenvalue weighted by Crippen LogP contribution is -2.52. The summed E-state index contributed by atoms with van der Waals surface area (Å²) in [4.78, 5) is 28.9. The van der Waals surface area contributed by atoms with Gasteiger partial charge >= 0.3 is 0 Å². The molecule has 0 saturated heterocycles. The van der Waals surface area contributed by atoms with Crippen molar-refractivity contribution in [3.8, 4) is 11.5 Å². The van der Waals surface area contributed by atoms with Crippen LogP contribution in [0.15, 0.2) is 77.7 Å². The summed E-state index contributed by atoms with van der Waals surface area (Å²) in [6.07, 6.45) is 0.324. The smallest absolute Gasteiger partial charge is 0.264 e. The second-order valence-corrected chi connectivity index (χ2v) is 12.4. The van der Waals surface area contributed by atoms with Crippen LogP contribution in [0.25, 0.3) is 0 Å². The molecule has 1 atom stereocenters. The number of carbonyl (C=O) groups excluding carboxylic acids is 2. The summed E-state index contributed by atoms with van der Waals surface area (Å²) in [5.41, 5.74) is 0.944. The largest absolute Gasteiger partial charge is 0.493 e. The Hall–Kier alpha value is -3.76. The molecule has 2 amide bonds. The Morgan fingerprint density at radius 2 is 1.57 bits per heavy atom. The van der Waals surface area contributed by atoms with E-state index < -0.39 is 28.5 Å².